The molecule has 0 heterocycles. The van der Waals surface area contributed by atoms with Gasteiger partial charge >= 0.3 is 43.5 Å². The third kappa shape index (κ3) is 11.8. The first-order valence-corrected chi connectivity index (χ1v) is 2.93. The molecule has 0 radical (unpaired) electrons. The fourth-order valence-corrected chi connectivity index (χ4v) is 0.305. The third-order valence-electron chi connectivity index (χ3n) is 0.197. The van der Waals surface area contributed by atoms with Gasteiger partial charge in [-0.2, -0.15) is 0 Å². The SMILES string of the molecule is O=C(O)OP(=O)(O)O.[NaH]. The third-order valence-corrected chi connectivity index (χ3v) is 0.591. The zero-order valence-corrected chi connectivity index (χ0v) is 4.41. The molecule has 6 nitrogen and oxygen atoms in total. The molecule has 0 aromatic carbocycles. The Morgan fingerprint density at radius 1 is 1.44 bits per heavy atom. The molecule has 0 rings (SSSR count). The molecule has 0 aliphatic carbocycles. The zero-order chi connectivity index (χ0) is 6.78. The number of carbonyl (C=O) groups is 1. The summed E-state index contributed by atoms with van der Waals surface area (Å²) in [6.07, 6.45) is -1.99. The molecule has 0 bridgehead atoms. The molecule has 0 fully saturated rings. The van der Waals surface area contributed by atoms with Crippen LogP contribution in [0, 0.1) is 0 Å². The van der Waals surface area contributed by atoms with Crippen LogP contribution in [0.25, 0.3) is 0 Å². The summed E-state index contributed by atoms with van der Waals surface area (Å²) >= 11 is 0. The van der Waals surface area contributed by atoms with Crippen LogP contribution >= 0.6 is 7.82 Å². The minimum absolute atomic E-state index is 0. The Morgan fingerprint density at radius 3 is 1.78 bits per heavy atom. The van der Waals surface area contributed by atoms with Gasteiger partial charge in [-0.3, -0.25) is 9.79 Å². The van der Waals surface area contributed by atoms with E-state index < -0.39 is 14.0 Å². The molecule has 0 amide bonds. The van der Waals surface area contributed by atoms with Gasteiger partial charge in [0.2, 0.25) is 0 Å². The molecule has 0 aliphatic heterocycles. The van der Waals surface area contributed by atoms with Crippen LogP contribution in [0.3, 0.4) is 0 Å². The van der Waals surface area contributed by atoms with Crippen molar-refractivity contribution in [1.29, 1.82) is 0 Å². The van der Waals surface area contributed by atoms with Crippen molar-refractivity contribution in [3.8, 4) is 0 Å². The predicted octanol–water partition coefficient (Wildman–Crippen LogP) is -0.875. The summed E-state index contributed by atoms with van der Waals surface area (Å²) in [5, 5.41) is 7.53. The molecule has 0 unspecified atom stereocenters. The van der Waals surface area contributed by atoms with E-state index in [0.717, 1.165) is 0 Å². The van der Waals surface area contributed by atoms with Crippen molar-refractivity contribution in [3.63, 3.8) is 0 Å². The molecular formula is CH4NaO6P. The Bertz CT molecular complexity index is 136. The second kappa shape index (κ2) is 4.27. The molecular weight excluding hydrogens is 162 g/mol. The number of hydrogen-bond acceptors (Lipinski definition) is 3. The monoisotopic (exact) mass is 166 g/mol. The predicted molar refractivity (Wildman–Crippen MR) is 28.3 cm³/mol. The minimum atomic E-state index is -4.82. The van der Waals surface area contributed by atoms with Gasteiger partial charge in [0.1, 0.15) is 0 Å². The van der Waals surface area contributed by atoms with Gasteiger partial charge in [-0.05, 0) is 0 Å². The van der Waals surface area contributed by atoms with Crippen LogP contribution in [0.15, 0.2) is 0 Å². The van der Waals surface area contributed by atoms with E-state index in [1.807, 2.05) is 0 Å². The number of carboxylic acid groups (broad SMARTS) is 1. The van der Waals surface area contributed by atoms with Gasteiger partial charge in [-0.15, -0.1) is 0 Å². The number of phosphoric acid groups is 1. The molecule has 0 aromatic heterocycles. The van der Waals surface area contributed by atoms with Crippen LogP contribution in [0.1, 0.15) is 0 Å². The number of hydrogen-bond donors (Lipinski definition) is 3. The maximum atomic E-state index is 9.53. The molecule has 50 valence electrons. The van der Waals surface area contributed by atoms with E-state index in [4.69, 9.17) is 14.9 Å². The van der Waals surface area contributed by atoms with Gasteiger partial charge in [-0.1, -0.05) is 0 Å². The molecule has 0 saturated heterocycles. The zero-order valence-electron chi connectivity index (χ0n) is 3.51. The van der Waals surface area contributed by atoms with Gasteiger partial charge in [0, 0.05) is 0 Å². The average Bonchev–Trinajstić information content (AvgIpc) is 1.21. The van der Waals surface area contributed by atoms with Gasteiger partial charge in [0.05, 0.1) is 0 Å². The van der Waals surface area contributed by atoms with E-state index in [1.165, 1.54) is 0 Å². The van der Waals surface area contributed by atoms with Gasteiger partial charge < -0.3 is 9.63 Å². The fraction of sp³-hybridized carbons (Fsp3) is 0. The van der Waals surface area contributed by atoms with Gasteiger partial charge in [0.25, 0.3) is 0 Å². The van der Waals surface area contributed by atoms with Crippen molar-refractivity contribution in [2.45, 2.75) is 0 Å². The van der Waals surface area contributed by atoms with Crippen molar-refractivity contribution in [1.82, 2.24) is 0 Å². The maximum absolute atomic E-state index is 9.53. The van der Waals surface area contributed by atoms with Crippen LogP contribution in [0.4, 0.5) is 4.79 Å². The van der Waals surface area contributed by atoms with E-state index in [1.54, 1.807) is 0 Å². The molecule has 0 spiro atoms. The number of phosphoric ester groups is 1. The second-order valence-corrected chi connectivity index (χ2v) is 2.01. The van der Waals surface area contributed by atoms with Crippen LogP contribution < -0.4 is 0 Å². The van der Waals surface area contributed by atoms with Gasteiger partial charge in [0.15, 0.2) is 0 Å². The first-order chi connectivity index (χ1) is 3.42. The van der Waals surface area contributed by atoms with E-state index in [9.17, 15) is 9.36 Å². The van der Waals surface area contributed by atoms with Crippen LogP contribution in [0.2, 0.25) is 0 Å². The summed E-state index contributed by atoms with van der Waals surface area (Å²) in [6.45, 7) is 0. The van der Waals surface area contributed by atoms with Crippen molar-refractivity contribution in [2.75, 3.05) is 0 Å². The molecule has 0 aliphatic rings. The normalized spacial score (nSPS) is 9.56. The Labute approximate surface area is 72.4 Å². The quantitative estimate of drug-likeness (QED) is 0.345. The van der Waals surface area contributed by atoms with E-state index >= 15 is 0 Å². The first-order valence-electron chi connectivity index (χ1n) is 1.40. The Kier molecular flexibility index (Phi) is 5.75. The molecule has 0 atom stereocenters. The standard InChI is InChI=1S/CH3O6P.Na.H/c2-1(3)7-8(4,5)6;;/h(H,2,3)(H2,4,5,6);;. The Hall–Kier alpha value is 0.420. The fourth-order valence-electron chi connectivity index (χ4n) is 0.102. The van der Waals surface area contributed by atoms with E-state index in [2.05, 4.69) is 4.52 Å². The second-order valence-electron chi connectivity index (χ2n) is 0.848. The van der Waals surface area contributed by atoms with Crippen LogP contribution in [-0.4, -0.2) is 50.6 Å². The molecule has 9 heavy (non-hydrogen) atoms. The van der Waals surface area contributed by atoms with Crippen molar-refractivity contribution < 1.29 is 28.8 Å². The Balaban J connectivity index is 0. The topological polar surface area (TPSA) is 104 Å². The summed E-state index contributed by atoms with van der Waals surface area (Å²) < 4.78 is 12.6. The Morgan fingerprint density at radius 2 is 1.78 bits per heavy atom. The summed E-state index contributed by atoms with van der Waals surface area (Å²) in [5.74, 6) is 0. The molecule has 0 saturated carbocycles. The summed E-state index contributed by atoms with van der Waals surface area (Å²) in [4.78, 5) is 24.7. The van der Waals surface area contributed by atoms with Crippen LogP contribution in [-0.2, 0) is 9.09 Å². The number of rotatable bonds is 1. The van der Waals surface area contributed by atoms with Gasteiger partial charge in [-0.25, -0.2) is 9.36 Å². The molecule has 0 aromatic rings. The first kappa shape index (κ1) is 12.1. The molecule has 8 heteroatoms. The summed E-state index contributed by atoms with van der Waals surface area (Å²) in [6, 6.07) is 0. The van der Waals surface area contributed by atoms with Crippen molar-refractivity contribution >= 4 is 43.5 Å². The summed E-state index contributed by atoms with van der Waals surface area (Å²) in [7, 11) is -4.82. The summed E-state index contributed by atoms with van der Waals surface area (Å²) in [5.41, 5.74) is 0. The van der Waals surface area contributed by atoms with Crippen LogP contribution in [0.5, 0.6) is 0 Å². The van der Waals surface area contributed by atoms with Crippen molar-refractivity contribution in [2.24, 2.45) is 0 Å². The van der Waals surface area contributed by atoms with Crippen molar-refractivity contribution in [3.05, 3.63) is 0 Å². The molecule has 3 N–H and O–H groups in total. The van der Waals surface area contributed by atoms with E-state index in [-0.39, 0.29) is 29.6 Å². The average molecular weight is 166 g/mol. The van der Waals surface area contributed by atoms with E-state index in [0.29, 0.717) is 0 Å².